The number of methoxy groups -OCH3 is 1. The number of imide groups is 1. The lowest BCUT2D eigenvalue weighted by atomic mass is 10.2. The minimum absolute atomic E-state index is 0.0260. The van der Waals surface area contributed by atoms with Crippen LogP contribution in [0.25, 0.3) is 6.08 Å². The van der Waals surface area contributed by atoms with E-state index in [9.17, 15) is 14.7 Å². The predicted octanol–water partition coefficient (Wildman–Crippen LogP) is 1.53. The molecule has 1 aromatic rings. The number of amides is 2. The molecule has 0 radical (unpaired) electrons. The highest BCUT2D eigenvalue weighted by Crippen LogP contribution is 2.26. The van der Waals surface area contributed by atoms with E-state index in [4.69, 9.17) is 10.5 Å². The minimum atomic E-state index is -0.378. The summed E-state index contributed by atoms with van der Waals surface area (Å²) >= 11 is 0. The zero-order chi connectivity index (χ0) is 16.5. The first kappa shape index (κ1) is 17.7. The number of phenolic OH excluding ortho intramolecular Hbond substituents is 1. The fourth-order valence-electron chi connectivity index (χ4n) is 1.89. The van der Waals surface area contributed by atoms with Crippen molar-refractivity contribution in [2.75, 3.05) is 20.2 Å². The predicted molar refractivity (Wildman–Crippen MR) is 84.4 cm³/mol. The Bertz CT molecular complexity index is 555. The van der Waals surface area contributed by atoms with Crippen molar-refractivity contribution in [3.8, 4) is 11.5 Å². The van der Waals surface area contributed by atoms with Gasteiger partial charge in [0.15, 0.2) is 11.5 Å². The molecule has 1 aromatic carbocycles. The van der Waals surface area contributed by atoms with Gasteiger partial charge in [0.25, 0.3) is 5.91 Å². The highest BCUT2D eigenvalue weighted by atomic mass is 16.5. The second kappa shape index (κ2) is 8.84. The number of carbonyl (C=O) groups is 2. The SMILES string of the molecule is COc1cc(/C=C/C(=O)N(CCCCN)C(C)=O)ccc1O. The summed E-state index contributed by atoms with van der Waals surface area (Å²) in [6, 6.07) is 4.73. The van der Waals surface area contributed by atoms with Crippen LogP contribution in [0.3, 0.4) is 0 Å². The van der Waals surface area contributed by atoms with E-state index < -0.39 is 0 Å². The molecule has 0 aromatic heterocycles. The maximum absolute atomic E-state index is 12.1. The van der Waals surface area contributed by atoms with Crippen molar-refractivity contribution in [2.24, 2.45) is 5.73 Å². The Morgan fingerprint density at radius 1 is 1.36 bits per heavy atom. The van der Waals surface area contributed by atoms with Crippen molar-refractivity contribution in [2.45, 2.75) is 19.8 Å². The molecule has 6 heteroatoms. The third-order valence-electron chi connectivity index (χ3n) is 3.10. The number of carbonyl (C=O) groups excluding carboxylic acids is 2. The van der Waals surface area contributed by atoms with E-state index in [1.807, 2.05) is 0 Å². The van der Waals surface area contributed by atoms with Gasteiger partial charge in [-0.15, -0.1) is 0 Å². The third kappa shape index (κ3) is 5.21. The van der Waals surface area contributed by atoms with Gasteiger partial charge in [0.1, 0.15) is 0 Å². The van der Waals surface area contributed by atoms with Gasteiger partial charge in [-0.05, 0) is 43.2 Å². The molecule has 22 heavy (non-hydrogen) atoms. The van der Waals surface area contributed by atoms with Crippen LogP contribution in [0, 0.1) is 0 Å². The van der Waals surface area contributed by atoms with Crippen molar-refractivity contribution >= 4 is 17.9 Å². The number of hydrogen-bond acceptors (Lipinski definition) is 5. The summed E-state index contributed by atoms with van der Waals surface area (Å²) in [5.41, 5.74) is 6.09. The molecule has 0 aliphatic carbocycles. The highest BCUT2D eigenvalue weighted by molar-refractivity contribution is 6.02. The van der Waals surface area contributed by atoms with Crippen LogP contribution in [-0.2, 0) is 9.59 Å². The normalized spacial score (nSPS) is 10.7. The van der Waals surface area contributed by atoms with Crippen LogP contribution in [0.5, 0.6) is 11.5 Å². The summed E-state index contributed by atoms with van der Waals surface area (Å²) in [5.74, 6) is -0.328. The summed E-state index contributed by atoms with van der Waals surface area (Å²) in [5, 5.41) is 9.51. The number of phenols is 1. The Morgan fingerprint density at radius 3 is 2.68 bits per heavy atom. The Kier molecular flexibility index (Phi) is 7.12. The van der Waals surface area contributed by atoms with Gasteiger partial charge in [-0.3, -0.25) is 14.5 Å². The topological polar surface area (TPSA) is 92.9 Å². The maximum atomic E-state index is 12.1. The van der Waals surface area contributed by atoms with Gasteiger partial charge in [-0.25, -0.2) is 0 Å². The lowest BCUT2D eigenvalue weighted by Gasteiger charge is -2.16. The number of aromatic hydroxyl groups is 1. The molecule has 0 heterocycles. The van der Waals surface area contributed by atoms with Gasteiger partial charge in [0.05, 0.1) is 7.11 Å². The van der Waals surface area contributed by atoms with E-state index >= 15 is 0 Å². The standard InChI is InChI=1S/C16H22N2O4/c1-12(19)18(10-4-3-9-17)16(21)8-6-13-5-7-14(20)15(11-13)22-2/h5-8,11,20H,3-4,9-10,17H2,1-2H3/b8-6+. The van der Waals surface area contributed by atoms with Gasteiger partial charge in [-0.1, -0.05) is 6.07 Å². The number of unbranched alkanes of at least 4 members (excludes halogenated alkanes) is 1. The van der Waals surface area contributed by atoms with E-state index in [1.54, 1.807) is 18.2 Å². The number of nitrogens with zero attached hydrogens (tertiary/aromatic N) is 1. The molecule has 0 spiro atoms. The van der Waals surface area contributed by atoms with Crippen molar-refractivity contribution in [3.63, 3.8) is 0 Å². The smallest absolute Gasteiger partial charge is 0.253 e. The Morgan fingerprint density at radius 2 is 2.09 bits per heavy atom. The second-order valence-electron chi connectivity index (χ2n) is 4.77. The quantitative estimate of drug-likeness (QED) is 0.588. The zero-order valence-corrected chi connectivity index (χ0v) is 12.9. The molecule has 0 fully saturated rings. The number of rotatable bonds is 7. The summed E-state index contributed by atoms with van der Waals surface area (Å²) in [7, 11) is 1.45. The number of hydrogen-bond donors (Lipinski definition) is 2. The largest absolute Gasteiger partial charge is 0.504 e. The molecule has 0 unspecified atom stereocenters. The third-order valence-corrected chi connectivity index (χ3v) is 3.10. The van der Waals surface area contributed by atoms with Crippen LogP contribution < -0.4 is 10.5 Å². The van der Waals surface area contributed by atoms with Crippen LogP contribution >= 0.6 is 0 Å². The van der Waals surface area contributed by atoms with Gasteiger partial charge in [0.2, 0.25) is 5.91 Å². The number of nitrogens with two attached hydrogens (primary N) is 1. The van der Waals surface area contributed by atoms with Crippen LogP contribution in [-0.4, -0.2) is 42.0 Å². The zero-order valence-electron chi connectivity index (χ0n) is 12.9. The molecule has 120 valence electrons. The molecule has 2 amide bonds. The van der Waals surface area contributed by atoms with Crippen molar-refractivity contribution in [1.29, 1.82) is 0 Å². The maximum Gasteiger partial charge on any atom is 0.253 e. The van der Waals surface area contributed by atoms with Crippen LogP contribution in [0.1, 0.15) is 25.3 Å². The Labute approximate surface area is 130 Å². The molecule has 0 bridgehead atoms. The molecule has 6 nitrogen and oxygen atoms in total. The van der Waals surface area contributed by atoms with Crippen molar-refractivity contribution in [3.05, 3.63) is 29.8 Å². The number of benzene rings is 1. The first-order valence-corrected chi connectivity index (χ1v) is 7.06. The van der Waals surface area contributed by atoms with Crippen molar-refractivity contribution < 1.29 is 19.4 Å². The van der Waals surface area contributed by atoms with Crippen LogP contribution in [0.15, 0.2) is 24.3 Å². The Balaban J connectivity index is 2.77. The van der Waals surface area contributed by atoms with Crippen molar-refractivity contribution in [1.82, 2.24) is 4.90 Å². The molecular weight excluding hydrogens is 284 g/mol. The van der Waals surface area contributed by atoms with E-state index in [-0.39, 0.29) is 17.6 Å². The molecule has 0 atom stereocenters. The van der Waals surface area contributed by atoms with E-state index in [1.165, 1.54) is 31.1 Å². The molecule has 1 rings (SSSR count). The first-order valence-electron chi connectivity index (χ1n) is 7.06. The fraction of sp³-hybridized carbons (Fsp3) is 0.375. The molecule has 0 aliphatic heterocycles. The summed E-state index contributed by atoms with van der Waals surface area (Å²) in [6.45, 7) is 2.25. The average Bonchev–Trinajstić information content (AvgIpc) is 2.50. The number of ether oxygens (including phenoxy) is 1. The van der Waals surface area contributed by atoms with Gasteiger partial charge in [0, 0.05) is 19.5 Å². The van der Waals surface area contributed by atoms with E-state index in [0.29, 0.717) is 30.8 Å². The Hall–Kier alpha value is -2.34. The van der Waals surface area contributed by atoms with Gasteiger partial charge in [-0.2, -0.15) is 0 Å². The van der Waals surface area contributed by atoms with Crippen LogP contribution in [0.4, 0.5) is 0 Å². The van der Waals surface area contributed by atoms with E-state index in [2.05, 4.69) is 0 Å². The summed E-state index contributed by atoms with van der Waals surface area (Å²) in [4.78, 5) is 24.8. The average molecular weight is 306 g/mol. The fourth-order valence-corrected chi connectivity index (χ4v) is 1.89. The van der Waals surface area contributed by atoms with Gasteiger partial charge < -0.3 is 15.6 Å². The second-order valence-corrected chi connectivity index (χ2v) is 4.77. The lowest BCUT2D eigenvalue weighted by molar-refractivity contribution is -0.140. The van der Waals surface area contributed by atoms with Gasteiger partial charge >= 0.3 is 0 Å². The van der Waals surface area contributed by atoms with E-state index in [0.717, 1.165) is 6.42 Å². The minimum Gasteiger partial charge on any atom is -0.504 e. The monoisotopic (exact) mass is 306 g/mol. The van der Waals surface area contributed by atoms with Crippen LogP contribution in [0.2, 0.25) is 0 Å². The molecule has 0 saturated carbocycles. The summed E-state index contributed by atoms with van der Waals surface area (Å²) in [6.07, 6.45) is 4.34. The molecular formula is C16H22N2O4. The first-order chi connectivity index (χ1) is 10.5. The molecule has 0 saturated heterocycles. The summed E-state index contributed by atoms with van der Waals surface area (Å²) < 4.78 is 5.00. The molecule has 3 N–H and O–H groups in total. The molecule has 0 aliphatic rings. The lowest BCUT2D eigenvalue weighted by Crippen LogP contribution is -2.34. The highest BCUT2D eigenvalue weighted by Gasteiger charge is 2.14.